The molecule has 0 atom stereocenters. The average Bonchev–Trinajstić information content (AvgIpc) is 2.09. The van der Waals surface area contributed by atoms with Gasteiger partial charge in [0.05, 0.1) is 12.8 Å². The van der Waals surface area contributed by atoms with E-state index >= 15 is 0 Å². The van der Waals surface area contributed by atoms with Crippen molar-refractivity contribution in [2.45, 2.75) is 32.6 Å². The third-order valence-corrected chi connectivity index (χ3v) is 1.36. The maximum absolute atomic E-state index is 10.8. The zero-order valence-electron chi connectivity index (χ0n) is 7.71. The van der Waals surface area contributed by atoms with Gasteiger partial charge in [0.1, 0.15) is 0 Å². The Morgan fingerprint density at radius 3 is 2.62 bits per heavy atom. The van der Waals surface area contributed by atoms with Gasteiger partial charge in [0.2, 0.25) is 0 Å². The third kappa shape index (κ3) is 8.81. The maximum Gasteiger partial charge on any atom is 0.325 e. The van der Waals surface area contributed by atoms with Crippen LogP contribution in [0.15, 0.2) is 0 Å². The van der Waals surface area contributed by atoms with E-state index in [-0.39, 0.29) is 12.8 Å². The summed E-state index contributed by atoms with van der Waals surface area (Å²) < 4.78 is 0. The number of carbonyl (C=O) groups excluding carboxylic acids is 1. The molecule has 13 heavy (non-hydrogen) atoms. The van der Waals surface area contributed by atoms with Crippen molar-refractivity contribution in [3.05, 3.63) is 0 Å². The fourth-order valence-corrected chi connectivity index (χ4v) is 0.640. The van der Waals surface area contributed by atoms with Crippen molar-refractivity contribution >= 4 is 11.9 Å². The first kappa shape index (κ1) is 11.9. The van der Waals surface area contributed by atoms with E-state index in [9.17, 15) is 9.59 Å². The maximum atomic E-state index is 10.8. The molecule has 0 saturated heterocycles. The number of aliphatic carboxylic acids is 1. The number of hydrogen-bond donors (Lipinski definition) is 2. The van der Waals surface area contributed by atoms with E-state index in [0.717, 1.165) is 12.8 Å². The average molecular weight is 189 g/mol. The Morgan fingerprint density at radius 2 is 2.08 bits per heavy atom. The molecule has 0 aromatic carbocycles. The number of carboxylic acids is 1. The summed E-state index contributed by atoms with van der Waals surface area (Å²) in [7, 11) is 0. The van der Waals surface area contributed by atoms with Crippen LogP contribution in [-0.4, -0.2) is 23.6 Å². The van der Waals surface area contributed by atoms with E-state index < -0.39 is 11.9 Å². The van der Waals surface area contributed by atoms with Crippen molar-refractivity contribution in [1.82, 2.24) is 5.48 Å². The summed E-state index contributed by atoms with van der Waals surface area (Å²) in [5.41, 5.74) is 2.47. The normalized spacial score (nSPS) is 9.62. The Labute approximate surface area is 77.0 Å². The molecule has 0 heterocycles. The zero-order chi connectivity index (χ0) is 10.1. The monoisotopic (exact) mass is 189 g/mol. The first-order chi connectivity index (χ1) is 6.16. The van der Waals surface area contributed by atoms with Gasteiger partial charge in [0, 0.05) is 6.54 Å². The highest BCUT2D eigenvalue weighted by Crippen LogP contribution is 1.91. The van der Waals surface area contributed by atoms with Crippen LogP contribution < -0.4 is 5.48 Å². The molecule has 0 aliphatic carbocycles. The SMILES string of the molecule is CCCCNOC(=O)CCC(=O)O. The minimum atomic E-state index is -0.995. The first-order valence-corrected chi connectivity index (χ1v) is 4.31. The zero-order valence-corrected chi connectivity index (χ0v) is 7.71. The molecule has 0 aromatic rings. The summed E-state index contributed by atoms with van der Waals surface area (Å²) in [4.78, 5) is 25.4. The number of hydrogen-bond acceptors (Lipinski definition) is 4. The largest absolute Gasteiger partial charge is 0.481 e. The highest BCUT2D eigenvalue weighted by atomic mass is 16.7. The lowest BCUT2D eigenvalue weighted by molar-refractivity contribution is -0.153. The van der Waals surface area contributed by atoms with Crippen molar-refractivity contribution < 1.29 is 19.5 Å². The minimum Gasteiger partial charge on any atom is -0.481 e. The lowest BCUT2D eigenvalue weighted by Crippen LogP contribution is -2.21. The first-order valence-electron chi connectivity index (χ1n) is 4.31. The number of unbranched alkanes of at least 4 members (excludes halogenated alkanes) is 1. The Kier molecular flexibility index (Phi) is 6.91. The summed E-state index contributed by atoms with van der Waals surface area (Å²) in [6.45, 7) is 2.63. The van der Waals surface area contributed by atoms with E-state index in [1.807, 2.05) is 6.92 Å². The molecule has 0 bridgehead atoms. The van der Waals surface area contributed by atoms with Crippen LogP contribution in [0, 0.1) is 0 Å². The quantitative estimate of drug-likeness (QED) is 0.455. The van der Waals surface area contributed by atoms with Gasteiger partial charge in [-0.05, 0) is 6.42 Å². The number of carboxylic acid groups (broad SMARTS) is 1. The lowest BCUT2D eigenvalue weighted by atomic mass is 10.3. The molecular weight excluding hydrogens is 174 g/mol. The second kappa shape index (κ2) is 7.54. The number of rotatable bonds is 7. The highest BCUT2D eigenvalue weighted by molar-refractivity contribution is 5.76. The van der Waals surface area contributed by atoms with Gasteiger partial charge >= 0.3 is 11.9 Å². The molecule has 0 aliphatic heterocycles. The van der Waals surface area contributed by atoms with E-state index in [2.05, 4.69) is 10.3 Å². The van der Waals surface area contributed by atoms with Gasteiger partial charge in [-0.25, -0.2) is 0 Å². The summed E-state index contributed by atoms with van der Waals surface area (Å²) in [5, 5.41) is 8.24. The molecule has 76 valence electrons. The van der Waals surface area contributed by atoms with Gasteiger partial charge in [0.25, 0.3) is 0 Å². The van der Waals surface area contributed by atoms with Gasteiger partial charge in [0.15, 0.2) is 0 Å². The Morgan fingerprint density at radius 1 is 1.38 bits per heavy atom. The number of hydroxylamine groups is 1. The Balaban J connectivity index is 3.25. The summed E-state index contributed by atoms with van der Waals surface area (Å²) in [6.07, 6.45) is 1.66. The third-order valence-electron chi connectivity index (χ3n) is 1.36. The van der Waals surface area contributed by atoms with Gasteiger partial charge in [-0.3, -0.25) is 9.59 Å². The molecule has 0 radical (unpaired) electrons. The predicted octanol–water partition coefficient (Wildman–Crippen LogP) is 0.699. The van der Waals surface area contributed by atoms with E-state index in [0.29, 0.717) is 6.54 Å². The Hall–Kier alpha value is -1.10. The van der Waals surface area contributed by atoms with Crippen LogP contribution in [0.5, 0.6) is 0 Å². The summed E-state index contributed by atoms with van der Waals surface area (Å²) >= 11 is 0. The number of carbonyl (C=O) groups is 2. The standard InChI is InChI=1S/C8H15NO4/c1-2-3-6-9-13-8(12)5-4-7(10)11/h9H,2-6H2,1H3,(H,10,11). The van der Waals surface area contributed by atoms with Crippen LogP contribution in [0.4, 0.5) is 0 Å². The molecule has 0 saturated carbocycles. The second-order valence-electron chi connectivity index (χ2n) is 2.62. The van der Waals surface area contributed by atoms with E-state index in [1.54, 1.807) is 0 Å². The predicted molar refractivity (Wildman–Crippen MR) is 45.9 cm³/mol. The van der Waals surface area contributed by atoms with Crippen LogP contribution in [0.3, 0.4) is 0 Å². The molecule has 5 nitrogen and oxygen atoms in total. The molecule has 0 spiro atoms. The summed E-state index contributed by atoms with van der Waals surface area (Å²) in [6, 6.07) is 0. The van der Waals surface area contributed by atoms with Crippen molar-refractivity contribution in [2.75, 3.05) is 6.54 Å². The van der Waals surface area contributed by atoms with Gasteiger partial charge in [-0.15, -0.1) is 0 Å². The summed E-state index contributed by atoms with van der Waals surface area (Å²) in [5.74, 6) is -1.52. The number of nitrogens with one attached hydrogen (secondary N) is 1. The van der Waals surface area contributed by atoms with E-state index in [4.69, 9.17) is 5.11 Å². The van der Waals surface area contributed by atoms with Crippen molar-refractivity contribution in [3.63, 3.8) is 0 Å². The molecule has 0 unspecified atom stereocenters. The molecule has 0 aliphatic rings. The smallest absolute Gasteiger partial charge is 0.325 e. The topological polar surface area (TPSA) is 75.6 Å². The molecule has 0 fully saturated rings. The van der Waals surface area contributed by atoms with Crippen LogP contribution in [-0.2, 0) is 14.4 Å². The molecule has 0 amide bonds. The highest BCUT2D eigenvalue weighted by Gasteiger charge is 2.05. The van der Waals surface area contributed by atoms with Crippen LogP contribution in [0.2, 0.25) is 0 Å². The fraction of sp³-hybridized carbons (Fsp3) is 0.750. The Bertz CT molecular complexity index is 170. The van der Waals surface area contributed by atoms with Gasteiger partial charge < -0.3 is 9.94 Å². The second-order valence-corrected chi connectivity index (χ2v) is 2.62. The lowest BCUT2D eigenvalue weighted by Gasteiger charge is -2.03. The van der Waals surface area contributed by atoms with Crippen molar-refractivity contribution in [2.24, 2.45) is 0 Å². The van der Waals surface area contributed by atoms with Gasteiger partial charge in [-0.1, -0.05) is 13.3 Å². The van der Waals surface area contributed by atoms with Crippen molar-refractivity contribution in [3.8, 4) is 0 Å². The van der Waals surface area contributed by atoms with Crippen LogP contribution in [0.1, 0.15) is 32.6 Å². The molecule has 0 rings (SSSR count). The van der Waals surface area contributed by atoms with Crippen LogP contribution in [0.25, 0.3) is 0 Å². The van der Waals surface area contributed by atoms with Gasteiger partial charge in [-0.2, -0.15) is 5.48 Å². The fourth-order valence-electron chi connectivity index (χ4n) is 0.640. The van der Waals surface area contributed by atoms with Crippen molar-refractivity contribution in [1.29, 1.82) is 0 Å². The molecular formula is C8H15NO4. The molecule has 2 N–H and O–H groups in total. The molecule has 5 heteroatoms. The minimum absolute atomic E-state index is 0.0888. The van der Waals surface area contributed by atoms with Crippen LogP contribution >= 0.6 is 0 Å². The molecule has 0 aromatic heterocycles. The van der Waals surface area contributed by atoms with E-state index in [1.165, 1.54) is 0 Å².